The minimum atomic E-state index is -4.19. The predicted octanol–water partition coefficient (Wildman–Crippen LogP) is 2.15. The standard InChI is InChI=1S/C8H14F3N2.Ga/c1-5(2)12-7(4)13-6(3)8(9,10)11;/h5-6H,1-4H3;/q-1;+1. The summed E-state index contributed by atoms with van der Waals surface area (Å²) in [5.41, 5.74) is 0. The Bertz CT molecular complexity index is 213. The number of amidine groups is 1. The van der Waals surface area contributed by atoms with Gasteiger partial charge < -0.3 is 0 Å². The second-order valence-corrected chi connectivity index (χ2v) is 4.56. The first-order valence-electron chi connectivity index (χ1n) is 4.31. The molecule has 0 spiro atoms. The summed E-state index contributed by atoms with van der Waals surface area (Å²) in [4.78, 5) is 4.07. The Morgan fingerprint density at radius 1 is 1.29 bits per heavy atom. The average Bonchev–Trinajstić information content (AvgIpc) is 1.98. The van der Waals surface area contributed by atoms with Gasteiger partial charge in [-0.1, -0.05) is 0 Å². The van der Waals surface area contributed by atoms with Crippen LogP contribution in [0, 0.1) is 0 Å². The van der Waals surface area contributed by atoms with Crippen LogP contribution in [0.25, 0.3) is 0 Å². The van der Waals surface area contributed by atoms with Gasteiger partial charge >= 0.3 is 92.4 Å². The number of aliphatic imine (C=N–C) groups is 1. The SMILES string of the molecule is CC(=NC(C)C)[N]([Ga])C(C)C(F)(F)F. The van der Waals surface area contributed by atoms with Gasteiger partial charge in [0.1, 0.15) is 0 Å². The Kier molecular flexibility index (Phi) is 5.07. The number of hydrogen-bond acceptors (Lipinski definition) is 1. The third-order valence-corrected chi connectivity index (χ3v) is 3.43. The van der Waals surface area contributed by atoms with Crippen molar-refractivity contribution in [3.8, 4) is 0 Å². The summed E-state index contributed by atoms with van der Waals surface area (Å²) in [6.07, 6.45) is -4.19. The van der Waals surface area contributed by atoms with Crippen LogP contribution < -0.4 is 0 Å². The van der Waals surface area contributed by atoms with Gasteiger partial charge in [-0.25, -0.2) is 0 Å². The van der Waals surface area contributed by atoms with Crippen LogP contribution >= 0.6 is 0 Å². The van der Waals surface area contributed by atoms with Crippen LogP contribution in [0.4, 0.5) is 13.2 Å². The first kappa shape index (κ1) is 13.9. The van der Waals surface area contributed by atoms with Gasteiger partial charge in [-0.15, -0.1) is 0 Å². The molecule has 0 aromatic carbocycles. The number of hydrogen-bond donors (Lipinski definition) is 0. The Balaban J connectivity index is 4.55. The Hall–Kier alpha value is -0.104. The first-order chi connectivity index (χ1) is 6.16. The van der Waals surface area contributed by atoms with Crippen molar-refractivity contribution in [1.29, 1.82) is 0 Å². The maximum absolute atomic E-state index is 12.3. The van der Waals surface area contributed by atoms with E-state index >= 15 is 0 Å². The van der Waals surface area contributed by atoms with E-state index in [1.54, 1.807) is 6.92 Å². The fourth-order valence-electron chi connectivity index (χ4n) is 0.878. The maximum atomic E-state index is 12.3. The van der Waals surface area contributed by atoms with Crippen LogP contribution in [0.1, 0.15) is 27.7 Å². The van der Waals surface area contributed by atoms with E-state index in [4.69, 9.17) is 0 Å². The molecule has 0 saturated carbocycles. The van der Waals surface area contributed by atoms with Crippen molar-refractivity contribution in [3.05, 3.63) is 0 Å². The quantitative estimate of drug-likeness (QED) is 0.424. The third kappa shape index (κ3) is 4.41. The van der Waals surface area contributed by atoms with E-state index in [-0.39, 0.29) is 6.04 Å². The first-order valence-corrected chi connectivity index (χ1v) is 5.39. The summed E-state index contributed by atoms with van der Waals surface area (Å²) in [5, 5.41) is 0. The molecular formula is C8H14F3GaN2. The molecule has 0 saturated heterocycles. The van der Waals surface area contributed by atoms with Crippen molar-refractivity contribution in [2.45, 2.75) is 46.0 Å². The molecule has 0 aliphatic rings. The van der Waals surface area contributed by atoms with Crippen LogP contribution in [0.15, 0.2) is 4.99 Å². The summed E-state index contributed by atoms with van der Waals surface area (Å²) in [6, 6.07) is -1.45. The van der Waals surface area contributed by atoms with Gasteiger partial charge in [0, 0.05) is 0 Å². The molecule has 0 aliphatic heterocycles. The van der Waals surface area contributed by atoms with E-state index in [9.17, 15) is 13.2 Å². The van der Waals surface area contributed by atoms with E-state index in [1.165, 1.54) is 3.61 Å². The number of halogens is 3. The summed E-state index contributed by atoms with van der Waals surface area (Å²) in [5.74, 6) is 0.435. The second-order valence-electron chi connectivity index (χ2n) is 3.39. The summed E-state index contributed by atoms with van der Waals surface area (Å²) >= 11 is 0.918. The molecule has 0 aromatic rings. The van der Waals surface area contributed by atoms with Crippen LogP contribution in [-0.4, -0.2) is 46.5 Å². The summed E-state index contributed by atoms with van der Waals surface area (Å²) in [6.45, 7) is 6.41. The van der Waals surface area contributed by atoms with Crippen molar-refractivity contribution >= 4 is 24.7 Å². The van der Waals surface area contributed by atoms with Crippen LogP contribution in [0.3, 0.4) is 0 Å². The fourth-order valence-corrected chi connectivity index (χ4v) is 1.37. The van der Waals surface area contributed by atoms with Crippen LogP contribution in [0.5, 0.6) is 0 Å². The molecule has 2 radical (unpaired) electrons. The van der Waals surface area contributed by atoms with Gasteiger partial charge in [0.15, 0.2) is 0 Å². The van der Waals surface area contributed by atoms with E-state index in [0.717, 1.165) is 25.8 Å². The molecule has 6 heteroatoms. The Labute approximate surface area is 92.8 Å². The van der Waals surface area contributed by atoms with E-state index < -0.39 is 12.2 Å². The Morgan fingerprint density at radius 3 is 2.00 bits per heavy atom. The molecule has 0 aliphatic carbocycles. The normalized spacial score (nSPS) is 15.9. The van der Waals surface area contributed by atoms with Gasteiger partial charge in [0.25, 0.3) is 0 Å². The molecule has 2 nitrogen and oxygen atoms in total. The monoisotopic (exact) mass is 264 g/mol. The van der Waals surface area contributed by atoms with Crippen molar-refractivity contribution in [2.24, 2.45) is 4.99 Å². The zero-order valence-corrected chi connectivity index (χ0v) is 11.2. The molecule has 14 heavy (non-hydrogen) atoms. The van der Waals surface area contributed by atoms with Crippen molar-refractivity contribution in [1.82, 2.24) is 3.61 Å². The Morgan fingerprint density at radius 2 is 1.71 bits per heavy atom. The van der Waals surface area contributed by atoms with Gasteiger partial charge in [-0.3, -0.25) is 0 Å². The molecule has 1 unspecified atom stereocenters. The molecule has 0 amide bonds. The van der Waals surface area contributed by atoms with Crippen molar-refractivity contribution < 1.29 is 13.2 Å². The van der Waals surface area contributed by atoms with Gasteiger partial charge in [0.2, 0.25) is 0 Å². The van der Waals surface area contributed by atoms with Crippen molar-refractivity contribution in [3.63, 3.8) is 0 Å². The van der Waals surface area contributed by atoms with Crippen LogP contribution in [-0.2, 0) is 0 Å². The zero-order chi connectivity index (χ0) is 11.5. The van der Waals surface area contributed by atoms with Gasteiger partial charge in [-0.2, -0.15) is 0 Å². The molecule has 80 valence electrons. The van der Waals surface area contributed by atoms with E-state index in [2.05, 4.69) is 4.99 Å². The van der Waals surface area contributed by atoms with E-state index in [1.807, 2.05) is 13.8 Å². The minimum absolute atomic E-state index is 0.0219. The van der Waals surface area contributed by atoms with Gasteiger partial charge in [-0.05, 0) is 0 Å². The predicted molar refractivity (Wildman–Crippen MR) is 51.4 cm³/mol. The number of nitrogens with zero attached hydrogens (tertiary/aromatic N) is 2. The summed E-state index contributed by atoms with van der Waals surface area (Å²) in [7, 11) is 0. The molecule has 0 aromatic heterocycles. The summed E-state index contributed by atoms with van der Waals surface area (Å²) < 4.78 is 38.1. The fraction of sp³-hybridized carbons (Fsp3) is 0.875. The van der Waals surface area contributed by atoms with Crippen molar-refractivity contribution in [2.75, 3.05) is 0 Å². The van der Waals surface area contributed by atoms with Gasteiger partial charge in [0.05, 0.1) is 0 Å². The number of alkyl halides is 3. The zero-order valence-electron chi connectivity index (χ0n) is 8.76. The third-order valence-electron chi connectivity index (χ3n) is 1.71. The second kappa shape index (κ2) is 5.11. The topological polar surface area (TPSA) is 15.6 Å². The average molecular weight is 265 g/mol. The van der Waals surface area contributed by atoms with Crippen LogP contribution in [0.2, 0.25) is 0 Å². The molecule has 0 N–H and O–H groups in total. The number of rotatable bonds is 2. The molecule has 0 rings (SSSR count). The molecule has 0 heterocycles. The molecular weight excluding hydrogens is 251 g/mol. The molecule has 0 bridgehead atoms. The molecule has 0 fully saturated rings. The molecule has 1 atom stereocenters. The van der Waals surface area contributed by atoms with E-state index in [0.29, 0.717) is 5.84 Å².